The molecule has 4 rings (SSSR count). The summed E-state index contributed by atoms with van der Waals surface area (Å²) < 4.78 is 0. The highest BCUT2D eigenvalue weighted by molar-refractivity contribution is 5.90. The number of hydrogen-bond donors (Lipinski definition) is 3. The SMILES string of the molecule is N#C[C@H](C[C@@H]1CCCNC1=O)NC(=O)[C@H](CC1CC1)NC(=O)[C@@H]1C[C@H]1c1ccccc1. The third kappa shape index (κ3) is 5.63. The first kappa shape index (κ1) is 21.4. The van der Waals surface area contributed by atoms with Crippen molar-refractivity contribution in [3.05, 3.63) is 35.9 Å². The molecule has 7 heteroatoms. The summed E-state index contributed by atoms with van der Waals surface area (Å²) in [6.45, 7) is 0.666. The van der Waals surface area contributed by atoms with Crippen LogP contribution in [0.5, 0.6) is 0 Å². The summed E-state index contributed by atoms with van der Waals surface area (Å²) in [6, 6.07) is 10.7. The molecule has 3 fully saturated rings. The van der Waals surface area contributed by atoms with E-state index < -0.39 is 12.1 Å². The van der Waals surface area contributed by atoms with E-state index in [2.05, 4.69) is 22.0 Å². The third-order valence-corrected chi connectivity index (χ3v) is 6.65. The lowest BCUT2D eigenvalue weighted by atomic mass is 9.92. The molecule has 31 heavy (non-hydrogen) atoms. The monoisotopic (exact) mass is 422 g/mol. The highest BCUT2D eigenvalue weighted by atomic mass is 16.2. The van der Waals surface area contributed by atoms with Gasteiger partial charge in [0.1, 0.15) is 12.1 Å². The summed E-state index contributed by atoms with van der Waals surface area (Å²) in [4.78, 5) is 37.8. The van der Waals surface area contributed by atoms with Crippen LogP contribution in [0, 0.1) is 29.1 Å². The number of hydrogen-bond acceptors (Lipinski definition) is 4. The average Bonchev–Trinajstić information content (AvgIpc) is 3.69. The van der Waals surface area contributed by atoms with Gasteiger partial charge in [0.25, 0.3) is 0 Å². The minimum absolute atomic E-state index is 0.0516. The normalized spacial score (nSPS) is 26.7. The van der Waals surface area contributed by atoms with Crippen LogP contribution in [0.4, 0.5) is 0 Å². The molecule has 1 aliphatic heterocycles. The predicted molar refractivity (Wildman–Crippen MR) is 114 cm³/mol. The number of carbonyl (C=O) groups excluding carboxylic acids is 3. The number of rotatable bonds is 9. The van der Waals surface area contributed by atoms with Gasteiger partial charge in [-0.15, -0.1) is 0 Å². The first-order valence-electron chi connectivity index (χ1n) is 11.4. The number of nitriles is 1. The summed E-state index contributed by atoms with van der Waals surface area (Å²) in [6.07, 6.45) is 5.45. The summed E-state index contributed by atoms with van der Waals surface area (Å²) in [7, 11) is 0. The lowest BCUT2D eigenvalue weighted by Crippen LogP contribution is -2.51. The number of piperidine rings is 1. The maximum atomic E-state index is 13.0. The number of carbonyl (C=O) groups is 3. The standard InChI is InChI=1S/C24H30N4O3/c25-14-18(12-17-7-4-10-26-22(17)29)27-24(31)21(11-15-8-9-15)28-23(30)20-13-19(20)16-5-2-1-3-6-16/h1-3,5-6,15,17-21H,4,7-13H2,(H,26,29)(H,27,31)(H,28,30)/t17-,18-,19-,20+,21-/m0/s1. The van der Waals surface area contributed by atoms with Crippen LogP contribution in [-0.2, 0) is 14.4 Å². The molecular formula is C24H30N4O3. The van der Waals surface area contributed by atoms with E-state index in [1.807, 2.05) is 30.3 Å². The van der Waals surface area contributed by atoms with E-state index in [1.54, 1.807) is 0 Å². The number of nitrogens with one attached hydrogen (secondary N) is 3. The van der Waals surface area contributed by atoms with Crippen LogP contribution >= 0.6 is 0 Å². The summed E-state index contributed by atoms with van der Waals surface area (Å²) in [5, 5.41) is 18.1. The summed E-state index contributed by atoms with van der Waals surface area (Å²) in [5.41, 5.74) is 1.15. The molecule has 0 radical (unpaired) electrons. The molecule has 1 aromatic rings. The zero-order valence-electron chi connectivity index (χ0n) is 17.7. The van der Waals surface area contributed by atoms with E-state index in [0.717, 1.165) is 37.7 Å². The largest absolute Gasteiger partial charge is 0.356 e. The predicted octanol–water partition coefficient (Wildman–Crippen LogP) is 2.00. The second-order valence-electron chi connectivity index (χ2n) is 9.16. The zero-order chi connectivity index (χ0) is 21.8. The minimum Gasteiger partial charge on any atom is -0.356 e. The lowest BCUT2D eigenvalue weighted by molar-refractivity contribution is -0.130. The maximum absolute atomic E-state index is 13.0. The van der Waals surface area contributed by atoms with Crippen LogP contribution in [-0.4, -0.2) is 36.3 Å². The Morgan fingerprint density at radius 2 is 1.90 bits per heavy atom. The van der Waals surface area contributed by atoms with Crippen LogP contribution in [0.1, 0.15) is 56.4 Å². The van der Waals surface area contributed by atoms with Gasteiger partial charge in [-0.05, 0) is 49.5 Å². The van der Waals surface area contributed by atoms with Gasteiger partial charge in [0.2, 0.25) is 17.7 Å². The second-order valence-corrected chi connectivity index (χ2v) is 9.16. The molecule has 2 saturated carbocycles. The Morgan fingerprint density at radius 3 is 2.58 bits per heavy atom. The van der Waals surface area contributed by atoms with Crippen molar-refractivity contribution in [3.8, 4) is 6.07 Å². The smallest absolute Gasteiger partial charge is 0.243 e. The fraction of sp³-hybridized carbons (Fsp3) is 0.583. The summed E-state index contributed by atoms with van der Waals surface area (Å²) in [5.74, 6) is -0.158. The molecule has 3 N–H and O–H groups in total. The molecule has 0 unspecified atom stereocenters. The van der Waals surface area contributed by atoms with E-state index in [-0.39, 0.29) is 35.5 Å². The van der Waals surface area contributed by atoms with Crippen molar-refractivity contribution < 1.29 is 14.4 Å². The van der Waals surface area contributed by atoms with Crippen molar-refractivity contribution in [2.24, 2.45) is 17.8 Å². The van der Waals surface area contributed by atoms with Gasteiger partial charge in [-0.3, -0.25) is 14.4 Å². The van der Waals surface area contributed by atoms with Gasteiger partial charge in [-0.25, -0.2) is 0 Å². The van der Waals surface area contributed by atoms with Gasteiger partial charge in [0, 0.05) is 18.4 Å². The van der Waals surface area contributed by atoms with Gasteiger partial charge < -0.3 is 16.0 Å². The quantitative estimate of drug-likeness (QED) is 0.565. The van der Waals surface area contributed by atoms with E-state index in [4.69, 9.17) is 0 Å². The minimum atomic E-state index is -0.738. The third-order valence-electron chi connectivity index (χ3n) is 6.65. The Hall–Kier alpha value is -2.88. The van der Waals surface area contributed by atoms with Crippen LogP contribution in [0.25, 0.3) is 0 Å². The molecule has 1 heterocycles. The maximum Gasteiger partial charge on any atom is 0.243 e. The number of nitrogens with zero attached hydrogens (tertiary/aromatic N) is 1. The molecule has 3 amide bonds. The Kier molecular flexibility index (Phi) is 6.55. The van der Waals surface area contributed by atoms with Crippen LogP contribution in [0.2, 0.25) is 0 Å². The van der Waals surface area contributed by atoms with E-state index in [9.17, 15) is 19.6 Å². The van der Waals surface area contributed by atoms with Gasteiger partial charge in [0.05, 0.1) is 6.07 Å². The van der Waals surface area contributed by atoms with Crippen molar-refractivity contribution in [1.29, 1.82) is 5.26 Å². The molecular weight excluding hydrogens is 392 g/mol. The molecule has 3 aliphatic rings. The molecule has 0 aromatic heterocycles. The first-order valence-corrected chi connectivity index (χ1v) is 11.4. The summed E-state index contributed by atoms with van der Waals surface area (Å²) >= 11 is 0. The molecule has 2 aliphatic carbocycles. The van der Waals surface area contributed by atoms with Gasteiger partial charge in [-0.2, -0.15) is 5.26 Å². The fourth-order valence-electron chi connectivity index (χ4n) is 4.51. The van der Waals surface area contributed by atoms with Crippen molar-refractivity contribution in [1.82, 2.24) is 16.0 Å². The molecule has 5 atom stereocenters. The topological polar surface area (TPSA) is 111 Å². The van der Waals surface area contributed by atoms with Crippen molar-refractivity contribution in [2.45, 2.75) is 62.9 Å². The Morgan fingerprint density at radius 1 is 1.13 bits per heavy atom. The number of benzene rings is 1. The molecule has 0 bridgehead atoms. The molecule has 1 saturated heterocycles. The van der Waals surface area contributed by atoms with Gasteiger partial charge in [-0.1, -0.05) is 43.2 Å². The van der Waals surface area contributed by atoms with Crippen molar-refractivity contribution >= 4 is 17.7 Å². The van der Waals surface area contributed by atoms with E-state index in [0.29, 0.717) is 25.3 Å². The lowest BCUT2D eigenvalue weighted by Gasteiger charge is -2.25. The Balaban J connectivity index is 1.33. The zero-order valence-corrected chi connectivity index (χ0v) is 17.7. The van der Waals surface area contributed by atoms with Crippen LogP contribution < -0.4 is 16.0 Å². The molecule has 164 valence electrons. The second kappa shape index (κ2) is 9.51. The fourth-order valence-corrected chi connectivity index (χ4v) is 4.51. The van der Waals surface area contributed by atoms with Gasteiger partial charge >= 0.3 is 0 Å². The van der Waals surface area contributed by atoms with E-state index >= 15 is 0 Å². The van der Waals surface area contributed by atoms with Gasteiger partial charge in [0.15, 0.2) is 0 Å². The van der Waals surface area contributed by atoms with E-state index in [1.165, 1.54) is 0 Å². The van der Waals surface area contributed by atoms with Crippen LogP contribution in [0.15, 0.2) is 30.3 Å². The molecule has 1 aromatic carbocycles. The molecule has 7 nitrogen and oxygen atoms in total. The molecule has 0 spiro atoms. The highest BCUT2D eigenvalue weighted by Crippen LogP contribution is 2.47. The number of amides is 3. The highest BCUT2D eigenvalue weighted by Gasteiger charge is 2.45. The average molecular weight is 423 g/mol. The Bertz CT molecular complexity index is 861. The van der Waals surface area contributed by atoms with Crippen LogP contribution in [0.3, 0.4) is 0 Å². The Labute approximate surface area is 183 Å². The van der Waals surface area contributed by atoms with Crippen molar-refractivity contribution in [3.63, 3.8) is 0 Å². The first-order chi connectivity index (χ1) is 15.0. The van der Waals surface area contributed by atoms with Crippen molar-refractivity contribution in [2.75, 3.05) is 6.54 Å².